The number of ether oxygens (including phenoxy) is 1. The summed E-state index contributed by atoms with van der Waals surface area (Å²) >= 11 is 0. The smallest absolute Gasteiger partial charge is 0.406 e. The molecule has 0 N–H and O–H groups in total. The second kappa shape index (κ2) is 4.48. The molecule has 0 fully saturated rings. The van der Waals surface area contributed by atoms with Gasteiger partial charge in [0.1, 0.15) is 12.1 Å². The molecule has 0 unspecified atom stereocenters. The van der Waals surface area contributed by atoms with E-state index in [1.165, 1.54) is 29.0 Å². The Morgan fingerprint density at radius 3 is 2.80 bits per heavy atom. The quantitative estimate of drug-likeness (QED) is 0.724. The standard InChI is InChI=1S/C12H7F3N4O/c13-12(14,15)20-9-3-1-2-8(6-9)11-16-7-19-10(18-11)4-5-17-19/h1-7H. The van der Waals surface area contributed by atoms with Crippen molar-refractivity contribution < 1.29 is 17.9 Å². The van der Waals surface area contributed by atoms with Crippen LogP contribution in [0, 0.1) is 0 Å². The topological polar surface area (TPSA) is 52.3 Å². The third-order valence-corrected chi connectivity index (χ3v) is 2.49. The van der Waals surface area contributed by atoms with Crippen molar-refractivity contribution in [1.82, 2.24) is 19.6 Å². The molecule has 0 spiro atoms. The van der Waals surface area contributed by atoms with Gasteiger partial charge in [-0.2, -0.15) is 5.10 Å². The summed E-state index contributed by atoms with van der Waals surface area (Å²) in [5, 5.41) is 3.94. The van der Waals surface area contributed by atoms with E-state index in [-0.39, 0.29) is 5.75 Å². The summed E-state index contributed by atoms with van der Waals surface area (Å²) in [6.45, 7) is 0. The Hall–Kier alpha value is -2.64. The van der Waals surface area contributed by atoms with Crippen LogP contribution in [0.5, 0.6) is 5.75 Å². The van der Waals surface area contributed by atoms with E-state index in [0.29, 0.717) is 17.0 Å². The normalized spacial score (nSPS) is 11.8. The molecule has 0 amide bonds. The number of fused-ring (bicyclic) bond motifs is 1. The minimum Gasteiger partial charge on any atom is -0.406 e. The molecule has 2 aromatic heterocycles. The number of alkyl halides is 3. The molecule has 1 aromatic carbocycles. The molecule has 3 aromatic rings. The van der Waals surface area contributed by atoms with Gasteiger partial charge in [-0.15, -0.1) is 13.2 Å². The molecule has 5 nitrogen and oxygen atoms in total. The van der Waals surface area contributed by atoms with Gasteiger partial charge in [0.05, 0.1) is 6.20 Å². The number of rotatable bonds is 2. The summed E-state index contributed by atoms with van der Waals surface area (Å²) < 4.78 is 41.9. The van der Waals surface area contributed by atoms with Gasteiger partial charge in [0, 0.05) is 11.6 Å². The molecule has 0 aliphatic rings. The van der Waals surface area contributed by atoms with Crippen LogP contribution in [0.1, 0.15) is 0 Å². The van der Waals surface area contributed by atoms with E-state index in [9.17, 15) is 13.2 Å². The Morgan fingerprint density at radius 2 is 2.00 bits per heavy atom. The van der Waals surface area contributed by atoms with Gasteiger partial charge in [-0.3, -0.25) is 0 Å². The largest absolute Gasteiger partial charge is 0.573 e. The van der Waals surface area contributed by atoms with Gasteiger partial charge >= 0.3 is 6.36 Å². The van der Waals surface area contributed by atoms with Crippen molar-refractivity contribution in [2.24, 2.45) is 0 Å². The molecule has 0 atom stereocenters. The second-order valence-corrected chi connectivity index (χ2v) is 3.89. The van der Waals surface area contributed by atoms with Crippen LogP contribution >= 0.6 is 0 Å². The highest BCUT2D eigenvalue weighted by molar-refractivity contribution is 5.59. The summed E-state index contributed by atoms with van der Waals surface area (Å²) in [6.07, 6.45) is -1.74. The van der Waals surface area contributed by atoms with Crippen LogP contribution in [0.25, 0.3) is 17.0 Å². The fourth-order valence-corrected chi connectivity index (χ4v) is 1.70. The van der Waals surface area contributed by atoms with Crippen molar-refractivity contribution in [2.45, 2.75) is 6.36 Å². The number of halogens is 3. The Morgan fingerprint density at radius 1 is 1.15 bits per heavy atom. The molecule has 0 bridgehead atoms. The number of benzene rings is 1. The molecule has 0 radical (unpaired) electrons. The van der Waals surface area contributed by atoms with E-state index in [1.54, 1.807) is 18.3 Å². The van der Waals surface area contributed by atoms with Crippen LogP contribution in [-0.4, -0.2) is 25.9 Å². The van der Waals surface area contributed by atoms with Crippen LogP contribution in [-0.2, 0) is 0 Å². The predicted octanol–water partition coefficient (Wildman–Crippen LogP) is 2.69. The van der Waals surface area contributed by atoms with E-state index in [4.69, 9.17) is 0 Å². The van der Waals surface area contributed by atoms with Gasteiger partial charge < -0.3 is 4.74 Å². The molecule has 0 saturated carbocycles. The summed E-state index contributed by atoms with van der Waals surface area (Å²) in [4.78, 5) is 8.24. The molecule has 2 heterocycles. The molecule has 102 valence electrons. The Labute approximate surface area is 110 Å². The first kappa shape index (κ1) is 12.4. The zero-order valence-corrected chi connectivity index (χ0v) is 9.87. The number of hydrogen-bond acceptors (Lipinski definition) is 4. The molecule has 20 heavy (non-hydrogen) atoms. The fraction of sp³-hybridized carbons (Fsp3) is 0.0833. The average Bonchev–Trinajstić information content (AvgIpc) is 2.84. The molecular weight excluding hydrogens is 273 g/mol. The summed E-state index contributed by atoms with van der Waals surface area (Å²) in [5.41, 5.74) is 0.979. The molecule has 3 rings (SSSR count). The van der Waals surface area contributed by atoms with Crippen LogP contribution in [0.15, 0.2) is 42.9 Å². The van der Waals surface area contributed by atoms with Gasteiger partial charge in [0.2, 0.25) is 0 Å². The maximum Gasteiger partial charge on any atom is 0.573 e. The first-order valence-corrected chi connectivity index (χ1v) is 5.54. The summed E-state index contributed by atoms with van der Waals surface area (Å²) in [7, 11) is 0. The van der Waals surface area contributed by atoms with Gasteiger partial charge in [-0.05, 0) is 12.1 Å². The monoisotopic (exact) mass is 280 g/mol. The van der Waals surface area contributed by atoms with Crippen LogP contribution in [0.4, 0.5) is 13.2 Å². The van der Waals surface area contributed by atoms with E-state index in [1.807, 2.05) is 0 Å². The molecule has 0 aliphatic carbocycles. The summed E-state index contributed by atoms with van der Waals surface area (Å²) in [6, 6.07) is 7.16. The number of aromatic nitrogens is 4. The first-order valence-electron chi connectivity index (χ1n) is 5.54. The van der Waals surface area contributed by atoms with Crippen molar-refractivity contribution in [3.8, 4) is 17.1 Å². The van der Waals surface area contributed by atoms with E-state index < -0.39 is 6.36 Å². The van der Waals surface area contributed by atoms with Gasteiger partial charge in [-0.1, -0.05) is 12.1 Å². The molecule has 8 heteroatoms. The summed E-state index contributed by atoms with van der Waals surface area (Å²) in [5.74, 6) is -0.0161. The minimum absolute atomic E-state index is 0.297. The van der Waals surface area contributed by atoms with Crippen LogP contribution in [0.2, 0.25) is 0 Å². The zero-order valence-electron chi connectivity index (χ0n) is 9.87. The van der Waals surface area contributed by atoms with Gasteiger partial charge in [0.25, 0.3) is 0 Å². The van der Waals surface area contributed by atoms with Gasteiger partial charge in [0.15, 0.2) is 11.5 Å². The van der Waals surface area contributed by atoms with Crippen molar-refractivity contribution in [2.75, 3.05) is 0 Å². The van der Waals surface area contributed by atoms with E-state index in [2.05, 4.69) is 19.8 Å². The lowest BCUT2D eigenvalue weighted by Gasteiger charge is -2.09. The SMILES string of the molecule is FC(F)(F)Oc1cccc(-c2ncn3nccc3n2)c1. The molecule has 0 aliphatic heterocycles. The van der Waals surface area contributed by atoms with Crippen molar-refractivity contribution >= 4 is 5.65 Å². The zero-order chi connectivity index (χ0) is 14.2. The third kappa shape index (κ3) is 2.53. The minimum atomic E-state index is -4.73. The first-order chi connectivity index (χ1) is 9.51. The second-order valence-electron chi connectivity index (χ2n) is 3.89. The fourth-order valence-electron chi connectivity index (χ4n) is 1.70. The van der Waals surface area contributed by atoms with Crippen LogP contribution in [0.3, 0.4) is 0 Å². The highest BCUT2D eigenvalue weighted by atomic mass is 19.4. The average molecular weight is 280 g/mol. The lowest BCUT2D eigenvalue weighted by molar-refractivity contribution is -0.274. The third-order valence-electron chi connectivity index (χ3n) is 2.49. The Kier molecular flexibility index (Phi) is 2.78. The highest BCUT2D eigenvalue weighted by Gasteiger charge is 2.31. The maximum absolute atomic E-state index is 12.2. The van der Waals surface area contributed by atoms with Crippen molar-refractivity contribution in [1.29, 1.82) is 0 Å². The lowest BCUT2D eigenvalue weighted by atomic mass is 10.2. The predicted molar refractivity (Wildman–Crippen MR) is 62.9 cm³/mol. The molecule has 0 saturated heterocycles. The number of hydrogen-bond donors (Lipinski definition) is 0. The van der Waals surface area contributed by atoms with E-state index >= 15 is 0 Å². The number of nitrogens with zero attached hydrogens (tertiary/aromatic N) is 4. The maximum atomic E-state index is 12.2. The van der Waals surface area contributed by atoms with Gasteiger partial charge in [-0.25, -0.2) is 14.5 Å². The van der Waals surface area contributed by atoms with Crippen LogP contribution < -0.4 is 4.74 Å². The lowest BCUT2D eigenvalue weighted by Crippen LogP contribution is -2.17. The van der Waals surface area contributed by atoms with Crippen molar-refractivity contribution in [3.05, 3.63) is 42.9 Å². The Balaban J connectivity index is 1.98. The highest BCUT2D eigenvalue weighted by Crippen LogP contribution is 2.26. The van der Waals surface area contributed by atoms with E-state index in [0.717, 1.165) is 0 Å². The van der Waals surface area contributed by atoms with Crippen molar-refractivity contribution in [3.63, 3.8) is 0 Å². The Bertz CT molecular complexity index is 754. The molecular formula is C12H7F3N4O.